The zero-order valence-electron chi connectivity index (χ0n) is 14.9. The van der Waals surface area contributed by atoms with Crippen LogP contribution in [0, 0.1) is 12.8 Å². The molecule has 1 aliphatic rings. The van der Waals surface area contributed by atoms with Gasteiger partial charge < -0.3 is 20.0 Å². The van der Waals surface area contributed by atoms with Crippen molar-refractivity contribution in [1.29, 1.82) is 0 Å². The largest absolute Gasteiger partial charge is 0.459 e. The van der Waals surface area contributed by atoms with Crippen LogP contribution in [0.15, 0.2) is 28.9 Å². The molecular formula is C18H24ClN3O3S. The zero-order valence-corrected chi connectivity index (χ0v) is 16.5. The molecule has 3 heterocycles. The van der Waals surface area contributed by atoms with Gasteiger partial charge in [-0.15, -0.1) is 23.7 Å². The maximum absolute atomic E-state index is 12.8. The number of carbonyl (C=O) groups excluding carboxylic acids is 2. The predicted octanol–water partition coefficient (Wildman–Crippen LogP) is 3.40. The molecule has 0 saturated carbocycles. The molecule has 142 valence electrons. The Balaban J connectivity index is 0.00000243. The van der Waals surface area contributed by atoms with Crippen molar-refractivity contribution in [2.75, 3.05) is 32.0 Å². The van der Waals surface area contributed by atoms with Crippen LogP contribution >= 0.6 is 23.7 Å². The number of carbonyl (C=O) groups is 2. The number of halogens is 1. The van der Waals surface area contributed by atoms with Crippen LogP contribution in [0.4, 0.5) is 5.00 Å². The SMILES string of the molecule is CNCC1CCN(C(=O)c2sc(NC(=O)c3ccco3)cc2C)CC1.Cl. The zero-order chi connectivity index (χ0) is 17.8. The molecule has 0 atom stereocenters. The number of furan rings is 1. The van der Waals surface area contributed by atoms with Gasteiger partial charge in [0.15, 0.2) is 5.76 Å². The molecule has 3 rings (SSSR count). The van der Waals surface area contributed by atoms with Gasteiger partial charge in [0, 0.05) is 13.1 Å². The Labute approximate surface area is 163 Å². The minimum atomic E-state index is -0.307. The number of likely N-dealkylation sites (tertiary alicyclic amines) is 1. The van der Waals surface area contributed by atoms with E-state index in [1.807, 2.05) is 24.9 Å². The first-order chi connectivity index (χ1) is 12.1. The second-order valence-corrected chi connectivity index (χ2v) is 7.40. The Morgan fingerprint density at radius 3 is 2.69 bits per heavy atom. The smallest absolute Gasteiger partial charge is 0.291 e. The summed E-state index contributed by atoms with van der Waals surface area (Å²) in [4.78, 5) is 27.5. The number of piperidine rings is 1. The lowest BCUT2D eigenvalue weighted by Gasteiger charge is -2.31. The Morgan fingerprint density at radius 1 is 1.35 bits per heavy atom. The van der Waals surface area contributed by atoms with E-state index >= 15 is 0 Å². The second-order valence-electron chi connectivity index (χ2n) is 6.35. The van der Waals surface area contributed by atoms with Crippen LogP contribution in [0.5, 0.6) is 0 Å². The summed E-state index contributed by atoms with van der Waals surface area (Å²) >= 11 is 1.32. The van der Waals surface area contributed by atoms with Crippen LogP contribution in [0.25, 0.3) is 0 Å². The fourth-order valence-electron chi connectivity index (χ4n) is 3.11. The lowest BCUT2D eigenvalue weighted by atomic mass is 9.96. The molecule has 1 fully saturated rings. The maximum Gasteiger partial charge on any atom is 0.291 e. The molecule has 0 bridgehead atoms. The lowest BCUT2D eigenvalue weighted by molar-refractivity contribution is 0.0695. The molecule has 1 saturated heterocycles. The summed E-state index contributed by atoms with van der Waals surface area (Å²) in [6.07, 6.45) is 3.51. The van der Waals surface area contributed by atoms with E-state index in [1.54, 1.807) is 12.1 Å². The highest BCUT2D eigenvalue weighted by atomic mass is 35.5. The molecule has 0 aromatic carbocycles. The van der Waals surface area contributed by atoms with Crippen LogP contribution in [0.1, 0.15) is 38.6 Å². The predicted molar refractivity (Wildman–Crippen MR) is 106 cm³/mol. The number of anilines is 1. The number of nitrogens with zero attached hydrogens (tertiary/aromatic N) is 1. The van der Waals surface area contributed by atoms with Gasteiger partial charge in [0.05, 0.1) is 16.1 Å². The van der Waals surface area contributed by atoms with E-state index < -0.39 is 0 Å². The van der Waals surface area contributed by atoms with E-state index in [1.165, 1.54) is 17.6 Å². The molecule has 0 unspecified atom stereocenters. The highest BCUT2D eigenvalue weighted by Gasteiger charge is 2.26. The minimum Gasteiger partial charge on any atom is -0.459 e. The third-order valence-corrected chi connectivity index (χ3v) is 5.63. The Kier molecular flexibility index (Phi) is 7.25. The first kappa shape index (κ1) is 20.5. The van der Waals surface area contributed by atoms with Gasteiger partial charge in [0.25, 0.3) is 11.8 Å². The molecule has 1 aliphatic heterocycles. The van der Waals surface area contributed by atoms with Crippen molar-refractivity contribution >= 4 is 40.6 Å². The first-order valence-corrected chi connectivity index (χ1v) is 9.29. The number of hydrogen-bond acceptors (Lipinski definition) is 5. The van der Waals surface area contributed by atoms with Crippen molar-refractivity contribution in [3.8, 4) is 0 Å². The molecule has 8 heteroatoms. The molecule has 0 aliphatic carbocycles. The summed E-state index contributed by atoms with van der Waals surface area (Å²) in [7, 11) is 1.96. The van der Waals surface area contributed by atoms with Gasteiger partial charge in [0.1, 0.15) is 0 Å². The fraction of sp³-hybridized carbons (Fsp3) is 0.444. The van der Waals surface area contributed by atoms with E-state index in [2.05, 4.69) is 10.6 Å². The monoisotopic (exact) mass is 397 g/mol. The van der Waals surface area contributed by atoms with Crippen molar-refractivity contribution in [3.63, 3.8) is 0 Å². The van der Waals surface area contributed by atoms with Gasteiger partial charge >= 0.3 is 0 Å². The first-order valence-electron chi connectivity index (χ1n) is 8.47. The lowest BCUT2D eigenvalue weighted by Crippen LogP contribution is -2.40. The van der Waals surface area contributed by atoms with Gasteiger partial charge in [-0.3, -0.25) is 9.59 Å². The number of thiophene rings is 1. The molecule has 6 nitrogen and oxygen atoms in total. The molecule has 0 radical (unpaired) electrons. The second kappa shape index (κ2) is 9.21. The van der Waals surface area contributed by atoms with Crippen LogP contribution in [-0.2, 0) is 0 Å². The number of nitrogens with one attached hydrogen (secondary N) is 2. The normalized spacial score (nSPS) is 14.8. The van der Waals surface area contributed by atoms with Crippen molar-refractivity contribution in [1.82, 2.24) is 10.2 Å². The van der Waals surface area contributed by atoms with E-state index in [0.29, 0.717) is 15.8 Å². The van der Waals surface area contributed by atoms with E-state index in [9.17, 15) is 9.59 Å². The summed E-state index contributed by atoms with van der Waals surface area (Å²) in [5, 5.41) is 6.66. The molecule has 2 N–H and O–H groups in total. The standard InChI is InChI=1S/C18H23N3O3S.ClH/c1-12-10-15(20-17(22)14-4-3-9-24-14)25-16(12)18(23)21-7-5-13(6-8-21)11-19-2;/h3-4,9-10,13,19H,5-8,11H2,1-2H3,(H,20,22);1H. The maximum atomic E-state index is 12.8. The van der Waals surface area contributed by atoms with Crippen molar-refractivity contribution in [2.45, 2.75) is 19.8 Å². The van der Waals surface area contributed by atoms with Crippen LogP contribution < -0.4 is 10.6 Å². The van der Waals surface area contributed by atoms with Crippen LogP contribution in [0.3, 0.4) is 0 Å². The van der Waals surface area contributed by atoms with Gasteiger partial charge in [0.2, 0.25) is 0 Å². The summed E-state index contributed by atoms with van der Waals surface area (Å²) in [5.41, 5.74) is 0.891. The summed E-state index contributed by atoms with van der Waals surface area (Å²) in [6, 6.07) is 5.12. The van der Waals surface area contributed by atoms with Gasteiger partial charge in [-0.2, -0.15) is 0 Å². The van der Waals surface area contributed by atoms with Crippen molar-refractivity contribution in [2.24, 2.45) is 5.92 Å². The highest BCUT2D eigenvalue weighted by molar-refractivity contribution is 7.18. The average Bonchev–Trinajstić information content (AvgIpc) is 3.25. The quantitative estimate of drug-likeness (QED) is 0.810. The van der Waals surface area contributed by atoms with Crippen molar-refractivity contribution in [3.05, 3.63) is 40.7 Å². The number of hydrogen-bond donors (Lipinski definition) is 2. The topological polar surface area (TPSA) is 74.6 Å². The summed E-state index contributed by atoms with van der Waals surface area (Å²) < 4.78 is 5.09. The molecule has 2 aromatic rings. The Hall–Kier alpha value is -1.83. The Morgan fingerprint density at radius 2 is 2.08 bits per heavy atom. The van der Waals surface area contributed by atoms with Gasteiger partial charge in [-0.1, -0.05) is 0 Å². The molecule has 0 spiro atoms. The minimum absolute atomic E-state index is 0. The van der Waals surface area contributed by atoms with Gasteiger partial charge in [-0.05, 0) is 63.0 Å². The highest BCUT2D eigenvalue weighted by Crippen LogP contribution is 2.29. The fourth-order valence-corrected chi connectivity index (χ4v) is 4.15. The van der Waals surface area contributed by atoms with Crippen LogP contribution in [-0.4, -0.2) is 43.4 Å². The van der Waals surface area contributed by atoms with E-state index in [4.69, 9.17) is 4.42 Å². The molecular weight excluding hydrogens is 374 g/mol. The van der Waals surface area contributed by atoms with E-state index in [0.717, 1.165) is 38.0 Å². The molecule has 2 aromatic heterocycles. The summed E-state index contributed by atoms with van der Waals surface area (Å²) in [6.45, 7) is 4.48. The summed E-state index contributed by atoms with van der Waals surface area (Å²) in [5.74, 6) is 0.647. The average molecular weight is 398 g/mol. The molecule has 26 heavy (non-hydrogen) atoms. The number of amides is 2. The Bertz CT molecular complexity index is 737. The third-order valence-electron chi connectivity index (χ3n) is 4.49. The number of rotatable bonds is 5. The third kappa shape index (κ3) is 4.66. The number of aryl methyl sites for hydroxylation is 1. The van der Waals surface area contributed by atoms with Crippen molar-refractivity contribution < 1.29 is 14.0 Å². The van der Waals surface area contributed by atoms with E-state index in [-0.39, 0.29) is 30.0 Å². The van der Waals surface area contributed by atoms with Crippen LogP contribution in [0.2, 0.25) is 0 Å². The molecule has 2 amide bonds. The van der Waals surface area contributed by atoms with Gasteiger partial charge in [-0.25, -0.2) is 0 Å².